The van der Waals surface area contributed by atoms with Crippen LogP contribution in [0.15, 0.2) is 18.2 Å². The monoisotopic (exact) mass is 292 g/mol. The van der Waals surface area contributed by atoms with Gasteiger partial charge in [0, 0.05) is 51.2 Å². The molecular weight excluding hydrogens is 268 g/mol. The summed E-state index contributed by atoms with van der Waals surface area (Å²) in [7, 11) is 3.72. The third-order valence-corrected chi connectivity index (χ3v) is 3.70. The lowest BCUT2D eigenvalue weighted by Crippen LogP contribution is -2.45. The van der Waals surface area contributed by atoms with Crippen molar-refractivity contribution in [2.45, 2.75) is 0 Å². The van der Waals surface area contributed by atoms with Crippen LogP contribution in [0, 0.1) is 0 Å². The van der Waals surface area contributed by atoms with Gasteiger partial charge in [0.2, 0.25) is 0 Å². The Kier molecular flexibility index (Phi) is 5.41. The lowest BCUT2D eigenvalue weighted by Gasteiger charge is -2.35. The summed E-state index contributed by atoms with van der Waals surface area (Å²) in [6.45, 7) is 4.81. The van der Waals surface area contributed by atoms with Gasteiger partial charge < -0.3 is 25.6 Å². The smallest absolute Gasteiger partial charge is 0.253 e. The third kappa shape index (κ3) is 4.09. The second-order valence-corrected chi connectivity index (χ2v) is 5.32. The van der Waals surface area contributed by atoms with Gasteiger partial charge in [0.1, 0.15) is 0 Å². The number of carbonyl (C=O) groups excluding carboxylic acids is 1. The maximum absolute atomic E-state index is 12.3. The van der Waals surface area contributed by atoms with Crippen LogP contribution in [0.1, 0.15) is 10.4 Å². The van der Waals surface area contributed by atoms with Gasteiger partial charge in [-0.3, -0.25) is 4.79 Å². The standard InChI is InChI=1S/C15H24N4O2/c1-18-6-8-19(9-7-18)14-4-3-12(16)11-13(14)15(20)17-5-10-21-2/h3-4,11H,5-10,16H2,1-2H3,(H,17,20). The second kappa shape index (κ2) is 7.28. The van der Waals surface area contributed by atoms with Crippen molar-refractivity contribution >= 4 is 17.3 Å². The van der Waals surface area contributed by atoms with Gasteiger partial charge in [-0.1, -0.05) is 0 Å². The average molecular weight is 292 g/mol. The highest BCUT2D eigenvalue weighted by molar-refractivity contribution is 6.00. The zero-order chi connectivity index (χ0) is 15.2. The number of nitrogens with two attached hydrogens (primary N) is 1. The molecule has 0 bridgehead atoms. The van der Waals surface area contributed by atoms with Crippen LogP contribution in [0.4, 0.5) is 11.4 Å². The van der Waals surface area contributed by atoms with Crippen LogP contribution >= 0.6 is 0 Å². The van der Waals surface area contributed by atoms with Crippen molar-refractivity contribution in [1.82, 2.24) is 10.2 Å². The van der Waals surface area contributed by atoms with Crippen molar-refractivity contribution in [2.75, 3.05) is 64.1 Å². The van der Waals surface area contributed by atoms with Crippen LogP contribution in [0.5, 0.6) is 0 Å². The molecule has 0 unspecified atom stereocenters. The number of benzene rings is 1. The van der Waals surface area contributed by atoms with Crippen LogP contribution in [0.3, 0.4) is 0 Å². The van der Waals surface area contributed by atoms with Crippen molar-refractivity contribution < 1.29 is 9.53 Å². The van der Waals surface area contributed by atoms with Crippen molar-refractivity contribution in [1.29, 1.82) is 0 Å². The summed E-state index contributed by atoms with van der Waals surface area (Å²) in [5.41, 5.74) is 8.03. The summed E-state index contributed by atoms with van der Waals surface area (Å²) >= 11 is 0. The van der Waals surface area contributed by atoms with Crippen LogP contribution < -0.4 is 16.0 Å². The lowest BCUT2D eigenvalue weighted by atomic mass is 10.1. The molecule has 6 nitrogen and oxygen atoms in total. The Balaban J connectivity index is 2.15. The highest BCUT2D eigenvalue weighted by atomic mass is 16.5. The minimum absolute atomic E-state index is 0.103. The Morgan fingerprint density at radius 2 is 2.05 bits per heavy atom. The molecule has 21 heavy (non-hydrogen) atoms. The summed E-state index contributed by atoms with van der Waals surface area (Å²) in [6.07, 6.45) is 0. The molecule has 0 spiro atoms. The van der Waals surface area contributed by atoms with E-state index in [1.54, 1.807) is 13.2 Å². The molecule has 6 heteroatoms. The molecule has 1 aliphatic heterocycles. The van der Waals surface area contributed by atoms with E-state index in [2.05, 4.69) is 22.2 Å². The molecule has 0 atom stereocenters. The fraction of sp³-hybridized carbons (Fsp3) is 0.533. The highest BCUT2D eigenvalue weighted by Crippen LogP contribution is 2.24. The van der Waals surface area contributed by atoms with Crippen LogP contribution in [0.25, 0.3) is 0 Å². The minimum Gasteiger partial charge on any atom is -0.399 e. The maximum atomic E-state index is 12.3. The van der Waals surface area contributed by atoms with Crippen molar-refractivity contribution in [2.24, 2.45) is 0 Å². The molecule has 1 heterocycles. The Hall–Kier alpha value is -1.79. The summed E-state index contributed by atoms with van der Waals surface area (Å²) in [5.74, 6) is -0.103. The zero-order valence-corrected chi connectivity index (χ0v) is 12.8. The number of amides is 1. The second-order valence-electron chi connectivity index (χ2n) is 5.32. The molecule has 0 aliphatic carbocycles. The predicted molar refractivity (Wildman–Crippen MR) is 84.8 cm³/mol. The van der Waals surface area contributed by atoms with E-state index in [1.165, 1.54) is 0 Å². The topological polar surface area (TPSA) is 70.8 Å². The van der Waals surface area contributed by atoms with E-state index in [4.69, 9.17) is 10.5 Å². The van der Waals surface area contributed by atoms with E-state index in [0.29, 0.717) is 24.4 Å². The highest BCUT2D eigenvalue weighted by Gasteiger charge is 2.20. The van der Waals surface area contributed by atoms with Gasteiger partial charge in [0.05, 0.1) is 12.2 Å². The van der Waals surface area contributed by atoms with Gasteiger partial charge in [-0.2, -0.15) is 0 Å². The maximum Gasteiger partial charge on any atom is 0.253 e. The number of hydrogen-bond acceptors (Lipinski definition) is 5. The minimum atomic E-state index is -0.103. The number of methoxy groups -OCH3 is 1. The molecule has 0 radical (unpaired) electrons. The Morgan fingerprint density at radius 1 is 1.33 bits per heavy atom. The van der Waals surface area contributed by atoms with E-state index in [1.807, 2.05) is 12.1 Å². The lowest BCUT2D eigenvalue weighted by molar-refractivity contribution is 0.0937. The fourth-order valence-corrected chi connectivity index (χ4v) is 2.42. The van der Waals surface area contributed by atoms with Gasteiger partial charge in [-0.25, -0.2) is 0 Å². The van der Waals surface area contributed by atoms with Gasteiger partial charge in [-0.05, 0) is 25.2 Å². The van der Waals surface area contributed by atoms with E-state index >= 15 is 0 Å². The van der Waals surface area contributed by atoms with Crippen LogP contribution in [0.2, 0.25) is 0 Å². The molecule has 1 aromatic carbocycles. The zero-order valence-electron chi connectivity index (χ0n) is 12.8. The molecule has 1 aromatic rings. The number of nitrogen functional groups attached to an aromatic ring is 1. The molecule has 1 saturated heterocycles. The average Bonchev–Trinajstić information content (AvgIpc) is 2.48. The first-order valence-corrected chi connectivity index (χ1v) is 7.22. The van der Waals surface area contributed by atoms with Crippen molar-refractivity contribution in [3.8, 4) is 0 Å². The predicted octanol–water partition coefficient (Wildman–Crippen LogP) is 0.397. The summed E-state index contributed by atoms with van der Waals surface area (Å²) in [6, 6.07) is 5.53. The Bertz CT molecular complexity index is 485. The summed E-state index contributed by atoms with van der Waals surface area (Å²) < 4.78 is 4.95. The summed E-state index contributed by atoms with van der Waals surface area (Å²) in [5, 5.41) is 2.86. The molecule has 1 fully saturated rings. The number of carbonyl (C=O) groups is 1. The molecule has 1 aliphatic rings. The van der Waals surface area contributed by atoms with Gasteiger partial charge in [-0.15, -0.1) is 0 Å². The molecular formula is C15H24N4O2. The number of nitrogens with one attached hydrogen (secondary N) is 1. The number of rotatable bonds is 5. The normalized spacial score (nSPS) is 16.0. The molecule has 0 saturated carbocycles. The first-order chi connectivity index (χ1) is 10.1. The molecule has 1 amide bonds. The van der Waals surface area contributed by atoms with Gasteiger partial charge in [0.25, 0.3) is 5.91 Å². The first kappa shape index (κ1) is 15.6. The van der Waals surface area contributed by atoms with Crippen molar-refractivity contribution in [3.05, 3.63) is 23.8 Å². The van der Waals surface area contributed by atoms with E-state index in [0.717, 1.165) is 31.9 Å². The van der Waals surface area contributed by atoms with E-state index in [-0.39, 0.29) is 5.91 Å². The Labute approximate surface area is 125 Å². The number of likely N-dealkylation sites (N-methyl/N-ethyl adjacent to an activating group) is 1. The molecule has 3 N–H and O–H groups in total. The SMILES string of the molecule is COCCNC(=O)c1cc(N)ccc1N1CCN(C)CC1. The van der Waals surface area contributed by atoms with Gasteiger partial charge >= 0.3 is 0 Å². The quantitative estimate of drug-likeness (QED) is 0.607. The summed E-state index contributed by atoms with van der Waals surface area (Å²) in [4.78, 5) is 16.9. The number of hydrogen-bond donors (Lipinski definition) is 2. The molecule has 2 rings (SSSR count). The number of nitrogens with zero attached hydrogens (tertiary/aromatic N) is 2. The van der Waals surface area contributed by atoms with Gasteiger partial charge in [0.15, 0.2) is 0 Å². The largest absolute Gasteiger partial charge is 0.399 e. The fourth-order valence-electron chi connectivity index (χ4n) is 2.42. The number of ether oxygens (including phenoxy) is 1. The van der Waals surface area contributed by atoms with Crippen LogP contribution in [-0.4, -0.2) is 64.3 Å². The van der Waals surface area contributed by atoms with E-state index in [9.17, 15) is 4.79 Å². The first-order valence-electron chi connectivity index (χ1n) is 7.22. The molecule has 116 valence electrons. The van der Waals surface area contributed by atoms with Crippen molar-refractivity contribution in [3.63, 3.8) is 0 Å². The number of piperazine rings is 1. The molecule has 0 aromatic heterocycles. The third-order valence-electron chi connectivity index (χ3n) is 3.70. The van der Waals surface area contributed by atoms with Crippen LogP contribution in [-0.2, 0) is 4.74 Å². The number of anilines is 2. The Morgan fingerprint density at radius 3 is 2.71 bits per heavy atom. The van der Waals surface area contributed by atoms with E-state index < -0.39 is 0 Å².